The highest BCUT2D eigenvalue weighted by atomic mass is 16.1. The normalized spacial score (nSPS) is 10.2. The van der Waals surface area contributed by atoms with Gasteiger partial charge in [0.1, 0.15) is 0 Å². The minimum absolute atomic E-state index is 0.0230. The van der Waals surface area contributed by atoms with E-state index in [4.69, 9.17) is 5.73 Å². The van der Waals surface area contributed by atoms with Gasteiger partial charge in [0.25, 0.3) is 0 Å². The maximum absolute atomic E-state index is 11.8. The van der Waals surface area contributed by atoms with E-state index in [0.29, 0.717) is 19.4 Å². The summed E-state index contributed by atoms with van der Waals surface area (Å²) in [6.07, 6.45) is 2.87. The second-order valence-electron chi connectivity index (χ2n) is 4.79. The highest BCUT2D eigenvalue weighted by Gasteiger charge is 2.04. The molecule has 4 nitrogen and oxygen atoms in total. The standard InChI is InChI=1S/C16H19N3O/c1-12-5-6-13(10-15(12)17)7-8-16(20)19-11-14-4-2-3-9-18-14/h2-6,9-10H,7-8,11,17H2,1H3,(H,19,20). The Morgan fingerprint density at radius 1 is 1.30 bits per heavy atom. The first-order valence-electron chi connectivity index (χ1n) is 6.67. The third-order valence-electron chi connectivity index (χ3n) is 3.18. The van der Waals surface area contributed by atoms with Gasteiger partial charge < -0.3 is 11.1 Å². The van der Waals surface area contributed by atoms with Crippen LogP contribution in [0.25, 0.3) is 0 Å². The minimum Gasteiger partial charge on any atom is -0.399 e. The number of pyridine rings is 1. The van der Waals surface area contributed by atoms with E-state index in [-0.39, 0.29) is 5.91 Å². The number of nitrogens with one attached hydrogen (secondary N) is 1. The average Bonchev–Trinajstić information content (AvgIpc) is 2.47. The van der Waals surface area contributed by atoms with Crippen LogP contribution in [-0.2, 0) is 17.8 Å². The largest absolute Gasteiger partial charge is 0.399 e. The van der Waals surface area contributed by atoms with E-state index >= 15 is 0 Å². The molecule has 0 unspecified atom stereocenters. The van der Waals surface area contributed by atoms with E-state index in [1.807, 2.05) is 43.3 Å². The highest BCUT2D eigenvalue weighted by Crippen LogP contribution is 2.14. The van der Waals surface area contributed by atoms with E-state index in [1.165, 1.54) is 0 Å². The summed E-state index contributed by atoms with van der Waals surface area (Å²) in [5.41, 5.74) is 9.64. The van der Waals surface area contributed by atoms with Crippen molar-refractivity contribution >= 4 is 11.6 Å². The molecule has 0 radical (unpaired) electrons. The number of rotatable bonds is 5. The summed E-state index contributed by atoms with van der Waals surface area (Å²) in [6.45, 7) is 2.44. The second kappa shape index (κ2) is 6.70. The van der Waals surface area contributed by atoms with Gasteiger partial charge in [0, 0.05) is 18.3 Å². The van der Waals surface area contributed by atoms with Gasteiger partial charge in [-0.25, -0.2) is 0 Å². The summed E-state index contributed by atoms with van der Waals surface area (Å²) in [5.74, 6) is 0.0230. The number of carbonyl (C=O) groups is 1. The maximum Gasteiger partial charge on any atom is 0.220 e. The van der Waals surface area contributed by atoms with Crippen LogP contribution in [0.2, 0.25) is 0 Å². The van der Waals surface area contributed by atoms with Crippen molar-refractivity contribution < 1.29 is 4.79 Å². The average molecular weight is 269 g/mol. The molecule has 104 valence electrons. The molecule has 0 aliphatic heterocycles. The zero-order chi connectivity index (χ0) is 14.4. The predicted octanol–water partition coefficient (Wildman–Crippen LogP) is 2.22. The zero-order valence-corrected chi connectivity index (χ0v) is 11.6. The summed E-state index contributed by atoms with van der Waals surface area (Å²) in [5, 5.41) is 2.86. The van der Waals surface area contributed by atoms with Gasteiger partial charge in [-0.1, -0.05) is 18.2 Å². The Kier molecular flexibility index (Phi) is 4.71. The van der Waals surface area contributed by atoms with Crippen molar-refractivity contribution in [3.63, 3.8) is 0 Å². The second-order valence-corrected chi connectivity index (χ2v) is 4.79. The molecule has 0 fully saturated rings. The lowest BCUT2D eigenvalue weighted by molar-refractivity contribution is -0.121. The number of hydrogen-bond acceptors (Lipinski definition) is 3. The number of aromatic nitrogens is 1. The van der Waals surface area contributed by atoms with Crippen LogP contribution in [0.1, 0.15) is 23.2 Å². The molecule has 4 heteroatoms. The number of benzene rings is 1. The van der Waals surface area contributed by atoms with Gasteiger partial charge in [0.2, 0.25) is 5.91 Å². The van der Waals surface area contributed by atoms with Crippen molar-refractivity contribution in [2.24, 2.45) is 0 Å². The van der Waals surface area contributed by atoms with Gasteiger partial charge in [-0.2, -0.15) is 0 Å². The molecule has 2 rings (SSSR count). The van der Waals surface area contributed by atoms with Crippen molar-refractivity contribution in [1.29, 1.82) is 0 Å². The Bertz CT molecular complexity index is 582. The highest BCUT2D eigenvalue weighted by molar-refractivity contribution is 5.76. The molecule has 1 amide bonds. The van der Waals surface area contributed by atoms with Crippen LogP contribution in [0.4, 0.5) is 5.69 Å². The summed E-state index contributed by atoms with van der Waals surface area (Å²) >= 11 is 0. The van der Waals surface area contributed by atoms with Gasteiger partial charge in [-0.05, 0) is 42.7 Å². The fourth-order valence-electron chi connectivity index (χ4n) is 1.88. The fourth-order valence-corrected chi connectivity index (χ4v) is 1.88. The van der Waals surface area contributed by atoms with Crippen LogP contribution in [0.3, 0.4) is 0 Å². The predicted molar refractivity (Wildman–Crippen MR) is 80.0 cm³/mol. The van der Waals surface area contributed by atoms with Crippen LogP contribution in [0, 0.1) is 6.92 Å². The Morgan fingerprint density at radius 3 is 2.85 bits per heavy atom. The maximum atomic E-state index is 11.8. The van der Waals surface area contributed by atoms with E-state index in [1.54, 1.807) is 6.20 Å². The van der Waals surface area contributed by atoms with Crippen molar-refractivity contribution in [2.75, 3.05) is 5.73 Å². The number of anilines is 1. The number of hydrogen-bond donors (Lipinski definition) is 2. The monoisotopic (exact) mass is 269 g/mol. The summed E-state index contributed by atoms with van der Waals surface area (Å²) in [7, 11) is 0. The topological polar surface area (TPSA) is 68.0 Å². The minimum atomic E-state index is 0.0230. The molecule has 2 aromatic rings. The van der Waals surface area contributed by atoms with Crippen LogP contribution >= 0.6 is 0 Å². The zero-order valence-electron chi connectivity index (χ0n) is 11.6. The Hall–Kier alpha value is -2.36. The van der Waals surface area contributed by atoms with Gasteiger partial charge in [-0.15, -0.1) is 0 Å². The van der Waals surface area contributed by atoms with Crippen LogP contribution in [0.15, 0.2) is 42.6 Å². The Labute approximate surface area is 119 Å². The number of nitrogens with two attached hydrogens (primary N) is 1. The van der Waals surface area contributed by atoms with E-state index in [9.17, 15) is 4.79 Å². The molecule has 0 atom stereocenters. The summed E-state index contributed by atoms with van der Waals surface area (Å²) in [4.78, 5) is 15.9. The molecule has 20 heavy (non-hydrogen) atoms. The first-order valence-corrected chi connectivity index (χ1v) is 6.67. The molecular weight excluding hydrogens is 250 g/mol. The number of nitrogen functional groups attached to an aromatic ring is 1. The van der Waals surface area contributed by atoms with E-state index < -0.39 is 0 Å². The first kappa shape index (κ1) is 14.1. The number of amides is 1. The van der Waals surface area contributed by atoms with Gasteiger partial charge >= 0.3 is 0 Å². The molecule has 1 heterocycles. The van der Waals surface area contributed by atoms with Crippen LogP contribution < -0.4 is 11.1 Å². The number of carbonyl (C=O) groups excluding carboxylic acids is 1. The van der Waals surface area contributed by atoms with E-state index in [2.05, 4.69) is 10.3 Å². The van der Waals surface area contributed by atoms with Gasteiger partial charge in [-0.3, -0.25) is 9.78 Å². The molecule has 0 aliphatic rings. The first-order chi connectivity index (χ1) is 9.65. The lowest BCUT2D eigenvalue weighted by atomic mass is 10.1. The third-order valence-corrected chi connectivity index (χ3v) is 3.18. The number of aryl methyl sites for hydroxylation is 2. The van der Waals surface area contributed by atoms with Crippen molar-refractivity contribution in [2.45, 2.75) is 26.3 Å². The Balaban J connectivity index is 1.79. The molecule has 0 spiro atoms. The smallest absolute Gasteiger partial charge is 0.220 e. The molecule has 0 saturated heterocycles. The third kappa shape index (κ3) is 4.09. The lowest BCUT2D eigenvalue weighted by Gasteiger charge is -2.06. The van der Waals surface area contributed by atoms with Crippen molar-refractivity contribution in [3.8, 4) is 0 Å². The molecule has 0 bridgehead atoms. The van der Waals surface area contributed by atoms with Gasteiger partial charge in [0.05, 0.1) is 12.2 Å². The lowest BCUT2D eigenvalue weighted by Crippen LogP contribution is -2.23. The molecule has 0 saturated carbocycles. The Morgan fingerprint density at radius 2 is 2.15 bits per heavy atom. The quantitative estimate of drug-likeness (QED) is 0.818. The summed E-state index contributed by atoms with van der Waals surface area (Å²) in [6, 6.07) is 11.6. The molecule has 1 aromatic carbocycles. The van der Waals surface area contributed by atoms with E-state index in [0.717, 1.165) is 22.5 Å². The van der Waals surface area contributed by atoms with Crippen molar-refractivity contribution in [1.82, 2.24) is 10.3 Å². The van der Waals surface area contributed by atoms with Crippen LogP contribution in [-0.4, -0.2) is 10.9 Å². The van der Waals surface area contributed by atoms with Crippen molar-refractivity contribution in [3.05, 3.63) is 59.4 Å². The fraction of sp³-hybridized carbons (Fsp3) is 0.250. The molecule has 3 N–H and O–H groups in total. The molecular formula is C16H19N3O. The number of nitrogens with zero attached hydrogens (tertiary/aromatic N) is 1. The summed E-state index contributed by atoms with van der Waals surface area (Å²) < 4.78 is 0. The SMILES string of the molecule is Cc1ccc(CCC(=O)NCc2ccccn2)cc1N. The van der Waals surface area contributed by atoms with Gasteiger partial charge in [0.15, 0.2) is 0 Å². The molecule has 0 aliphatic carbocycles. The molecule has 1 aromatic heterocycles. The van der Waals surface area contributed by atoms with Crippen LogP contribution in [0.5, 0.6) is 0 Å².